The van der Waals surface area contributed by atoms with E-state index in [1.54, 1.807) is 12.1 Å². The Bertz CT molecular complexity index is 1060. The highest BCUT2D eigenvalue weighted by Gasteiger charge is 2.20. The van der Waals surface area contributed by atoms with E-state index in [1.165, 1.54) is 31.2 Å². The molecule has 0 bridgehead atoms. The third-order valence-electron chi connectivity index (χ3n) is 4.67. The Kier molecular flexibility index (Phi) is 7.27. The predicted molar refractivity (Wildman–Crippen MR) is 116 cm³/mol. The number of hydrogen-bond donors (Lipinski definition) is 1. The number of esters is 1. The minimum atomic E-state index is -1.03. The molecule has 0 aliphatic carbocycles. The van der Waals surface area contributed by atoms with Crippen molar-refractivity contribution in [3.05, 3.63) is 90.2 Å². The van der Waals surface area contributed by atoms with Crippen LogP contribution in [0.1, 0.15) is 30.1 Å². The number of rotatable bonds is 8. The fourth-order valence-corrected chi connectivity index (χ4v) is 3.00. The molecule has 0 heterocycles. The first kappa shape index (κ1) is 21.9. The van der Waals surface area contributed by atoms with Crippen molar-refractivity contribution in [2.45, 2.75) is 25.9 Å². The highest BCUT2D eigenvalue weighted by molar-refractivity contribution is 5.99. The fourth-order valence-electron chi connectivity index (χ4n) is 3.00. The van der Waals surface area contributed by atoms with Gasteiger partial charge in [0, 0.05) is 23.2 Å². The van der Waals surface area contributed by atoms with E-state index in [-0.39, 0.29) is 18.6 Å². The molecule has 5 nitrogen and oxygen atoms in total. The maximum absolute atomic E-state index is 12.9. The molecule has 3 aromatic carbocycles. The van der Waals surface area contributed by atoms with Crippen LogP contribution in [0, 0.1) is 5.82 Å². The molecule has 0 saturated carbocycles. The molecule has 158 valence electrons. The van der Waals surface area contributed by atoms with E-state index in [1.807, 2.05) is 42.5 Å². The van der Waals surface area contributed by atoms with Gasteiger partial charge in [-0.3, -0.25) is 14.4 Å². The summed E-state index contributed by atoms with van der Waals surface area (Å²) in [6, 6.07) is 22.0. The highest BCUT2D eigenvalue weighted by atomic mass is 19.1. The summed E-state index contributed by atoms with van der Waals surface area (Å²) in [5, 5.41) is 2.79. The molecule has 0 aromatic heterocycles. The average molecular weight is 419 g/mol. The third kappa shape index (κ3) is 6.09. The van der Waals surface area contributed by atoms with Crippen LogP contribution in [-0.2, 0) is 14.3 Å². The molecule has 0 spiro atoms. The number of nitrogens with one attached hydrogen (secondary N) is 1. The molecule has 1 N–H and O–H groups in total. The minimum absolute atomic E-state index is 0.0877. The van der Waals surface area contributed by atoms with Gasteiger partial charge >= 0.3 is 5.97 Å². The predicted octanol–water partition coefficient (Wildman–Crippen LogP) is 5.03. The number of amides is 1. The van der Waals surface area contributed by atoms with Crippen LogP contribution in [0.15, 0.2) is 78.9 Å². The molecule has 0 aliphatic heterocycles. The Morgan fingerprint density at radius 3 is 2.23 bits per heavy atom. The van der Waals surface area contributed by atoms with Gasteiger partial charge in [-0.15, -0.1) is 0 Å². The van der Waals surface area contributed by atoms with Gasteiger partial charge in [0.15, 0.2) is 11.9 Å². The number of hydrogen-bond acceptors (Lipinski definition) is 4. The molecule has 0 radical (unpaired) electrons. The van der Waals surface area contributed by atoms with E-state index in [2.05, 4.69) is 5.32 Å². The summed E-state index contributed by atoms with van der Waals surface area (Å²) in [5.74, 6) is -1.87. The van der Waals surface area contributed by atoms with Crippen molar-refractivity contribution < 1.29 is 23.5 Å². The molecular weight excluding hydrogens is 397 g/mol. The van der Waals surface area contributed by atoms with Crippen LogP contribution in [0.3, 0.4) is 0 Å². The summed E-state index contributed by atoms with van der Waals surface area (Å²) >= 11 is 0. The zero-order valence-electron chi connectivity index (χ0n) is 17.0. The van der Waals surface area contributed by atoms with Gasteiger partial charge in [-0.2, -0.15) is 0 Å². The van der Waals surface area contributed by atoms with Gasteiger partial charge in [0.05, 0.1) is 6.42 Å². The molecule has 0 unspecified atom stereocenters. The summed E-state index contributed by atoms with van der Waals surface area (Å²) in [5.41, 5.74) is 2.72. The number of ether oxygens (including phenoxy) is 1. The Morgan fingerprint density at radius 2 is 1.52 bits per heavy atom. The summed E-state index contributed by atoms with van der Waals surface area (Å²) in [4.78, 5) is 36.7. The zero-order valence-corrected chi connectivity index (χ0v) is 17.0. The number of carbonyl (C=O) groups is 3. The van der Waals surface area contributed by atoms with Crippen LogP contribution < -0.4 is 5.32 Å². The summed E-state index contributed by atoms with van der Waals surface area (Å²) in [6.45, 7) is 1.47. The van der Waals surface area contributed by atoms with E-state index >= 15 is 0 Å². The molecule has 0 fully saturated rings. The van der Waals surface area contributed by atoms with E-state index in [4.69, 9.17) is 4.74 Å². The molecular formula is C25H22FNO4. The van der Waals surface area contributed by atoms with Gasteiger partial charge in [-0.1, -0.05) is 48.5 Å². The summed E-state index contributed by atoms with van der Waals surface area (Å²) in [6.07, 6.45) is -1.29. The Labute approximate surface area is 179 Å². The van der Waals surface area contributed by atoms with Crippen molar-refractivity contribution >= 4 is 23.3 Å². The van der Waals surface area contributed by atoms with E-state index in [0.29, 0.717) is 11.3 Å². The second-order valence-electron chi connectivity index (χ2n) is 6.96. The molecule has 3 rings (SSSR count). The molecule has 1 amide bonds. The maximum Gasteiger partial charge on any atom is 0.307 e. The number of halogens is 1. The van der Waals surface area contributed by atoms with E-state index < -0.39 is 23.8 Å². The number of anilines is 1. The standard InChI is InChI=1S/C25H22FNO4/c1-17(31-24(29)16-15-23(28)19-11-13-20(26)14-12-19)25(30)27-22-10-6-5-9-21(22)18-7-3-2-4-8-18/h2-14,17H,15-16H2,1H3,(H,27,30)/t17-/m0/s1. The van der Waals surface area contributed by atoms with Gasteiger partial charge in [0.1, 0.15) is 5.82 Å². The molecule has 1 atom stereocenters. The van der Waals surface area contributed by atoms with E-state index in [0.717, 1.165) is 11.1 Å². The topological polar surface area (TPSA) is 72.5 Å². The smallest absolute Gasteiger partial charge is 0.307 e. The second-order valence-corrected chi connectivity index (χ2v) is 6.96. The van der Waals surface area contributed by atoms with Crippen molar-refractivity contribution in [3.8, 4) is 11.1 Å². The van der Waals surface area contributed by atoms with Crippen LogP contribution in [-0.4, -0.2) is 23.8 Å². The van der Waals surface area contributed by atoms with Crippen molar-refractivity contribution in [1.82, 2.24) is 0 Å². The minimum Gasteiger partial charge on any atom is -0.453 e. The number of ketones is 1. The van der Waals surface area contributed by atoms with Crippen LogP contribution in [0.25, 0.3) is 11.1 Å². The van der Waals surface area contributed by atoms with Gasteiger partial charge in [0.2, 0.25) is 0 Å². The zero-order chi connectivity index (χ0) is 22.2. The number of carbonyl (C=O) groups excluding carboxylic acids is 3. The van der Waals surface area contributed by atoms with Gasteiger partial charge < -0.3 is 10.1 Å². The highest BCUT2D eigenvalue weighted by Crippen LogP contribution is 2.27. The first-order chi connectivity index (χ1) is 14.9. The first-order valence-corrected chi connectivity index (χ1v) is 9.87. The monoisotopic (exact) mass is 419 g/mol. The molecule has 0 saturated heterocycles. The SMILES string of the molecule is C[C@H](OC(=O)CCC(=O)c1ccc(F)cc1)C(=O)Nc1ccccc1-c1ccccc1. The van der Waals surface area contributed by atoms with Crippen LogP contribution in [0.4, 0.5) is 10.1 Å². The lowest BCUT2D eigenvalue weighted by Crippen LogP contribution is -2.30. The average Bonchev–Trinajstić information content (AvgIpc) is 2.79. The molecule has 0 aliphatic rings. The number of Topliss-reactive ketones (excluding diaryl/α,β-unsaturated/α-hetero) is 1. The Morgan fingerprint density at radius 1 is 0.871 bits per heavy atom. The Balaban J connectivity index is 1.54. The maximum atomic E-state index is 12.9. The van der Waals surface area contributed by atoms with Crippen LogP contribution >= 0.6 is 0 Å². The van der Waals surface area contributed by atoms with Gasteiger partial charge in [-0.25, -0.2) is 4.39 Å². The summed E-state index contributed by atoms with van der Waals surface area (Å²) < 4.78 is 18.1. The summed E-state index contributed by atoms with van der Waals surface area (Å²) in [7, 11) is 0. The van der Waals surface area contributed by atoms with Gasteiger partial charge in [-0.05, 0) is 42.8 Å². The van der Waals surface area contributed by atoms with Crippen molar-refractivity contribution in [2.24, 2.45) is 0 Å². The van der Waals surface area contributed by atoms with Crippen molar-refractivity contribution in [2.75, 3.05) is 5.32 Å². The lowest BCUT2D eigenvalue weighted by atomic mass is 10.0. The largest absolute Gasteiger partial charge is 0.453 e. The first-order valence-electron chi connectivity index (χ1n) is 9.87. The lowest BCUT2D eigenvalue weighted by molar-refractivity contribution is -0.153. The van der Waals surface area contributed by atoms with Crippen LogP contribution in [0.5, 0.6) is 0 Å². The quantitative estimate of drug-likeness (QED) is 0.411. The lowest BCUT2D eigenvalue weighted by Gasteiger charge is -2.16. The van der Waals surface area contributed by atoms with Crippen molar-refractivity contribution in [3.63, 3.8) is 0 Å². The molecule has 3 aromatic rings. The number of benzene rings is 3. The van der Waals surface area contributed by atoms with Gasteiger partial charge in [0.25, 0.3) is 5.91 Å². The van der Waals surface area contributed by atoms with E-state index in [9.17, 15) is 18.8 Å². The fraction of sp³-hybridized carbons (Fsp3) is 0.160. The third-order valence-corrected chi connectivity index (χ3v) is 4.67. The molecule has 31 heavy (non-hydrogen) atoms. The second kappa shape index (κ2) is 10.3. The normalized spacial score (nSPS) is 11.4. The number of para-hydroxylation sites is 1. The Hall–Kier alpha value is -3.80. The van der Waals surface area contributed by atoms with Crippen molar-refractivity contribution in [1.29, 1.82) is 0 Å². The molecule has 6 heteroatoms. The van der Waals surface area contributed by atoms with Crippen LogP contribution in [0.2, 0.25) is 0 Å².